The lowest BCUT2D eigenvalue weighted by molar-refractivity contribution is -0.145. The molecule has 0 aliphatic rings. The zero-order valence-corrected chi connectivity index (χ0v) is 29.1. The van der Waals surface area contributed by atoms with E-state index in [0.717, 1.165) is 23.1 Å². The molecule has 0 aliphatic carbocycles. The van der Waals surface area contributed by atoms with E-state index in [1.807, 2.05) is 12.1 Å². The van der Waals surface area contributed by atoms with Crippen LogP contribution in [-0.2, 0) is 41.8 Å². The van der Waals surface area contributed by atoms with E-state index in [4.69, 9.17) is 18.6 Å². The van der Waals surface area contributed by atoms with Gasteiger partial charge in [0.25, 0.3) is 5.91 Å². The van der Waals surface area contributed by atoms with Gasteiger partial charge in [-0.15, -0.1) is 0 Å². The Labute approximate surface area is 308 Å². The summed E-state index contributed by atoms with van der Waals surface area (Å²) in [6.07, 6.45) is -1.57. The highest BCUT2D eigenvalue weighted by atomic mass is 16.6. The van der Waals surface area contributed by atoms with E-state index >= 15 is 0 Å². The first-order valence-electron chi connectivity index (χ1n) is 16.5. The van der Waals surface area contributed by atoms with Crippen LogP contribution >= 0.6 is 0 Å². The van der Waals surface area contributed by atoms with Crippen LogP contribution in [0.5, 0.6) is 0 Å². The molecule has 0 saturated carbocycles. The lowest BCUT2D eigenvalue weighted by atomic mass is 10.1. The van der Waals surface area contributed by atoms with Crippen LogP contribution in [-0.4, -0.2) is 84.7 Å². The highest BCUT2D eigenvalue weighted by Crippen LogP contribution is 2.20. The van der Waals surface area contributed by atoms with E-state index in [-0.39, 0.29) is 44.3 Å². The summed E-state index contributed by atoms with van der Waals surface area (Å²) < 4.78 is 20.7. The molecule has 0 bridgehead atoms. The number of nitrogens with one attached hydrogen (secondary N) is 5. The third-order valence-electron chi connectivity index (χ3n) is 7.32. The van der Waals surface area contributed by atoms with Crippen LogP contribution in [0.1, 0.15) is 34.5 Å². The number of fused-ring (bicyclic) bond motifs is 1. The number of benzene rings is 3. The Morgan fingerprint density at radius 3 is 1.91 bits per heavy atom. The second kappa shape index (κ2) is 20.7. The van der Waals surface area contributed by atoms with E-state index in [9.17, 15) is 33.9 Å². The molecule has 4 aromatic rings. The van der Waals surface area contributed by atoms with Gasteiger partial charge in [-0.25, -0.2) is 25.2 Å². The summed E-state index contributed by atoms with van der Waals surface area (Å²) >= 11 is 0. The largest absolute Gasteiger partial charge is 0.480 e. The summed E-state index contributed by atoms with van der Waals surface area (Å²) in [4.78, 5) is 79.9. The minimum Gasteiger partial charge on any atom is -0.480 e. The number of carbonyl (C=O) groups is 6. The molecular formula is C36H39N7O11. The number of rotatable bonds is 15. The molecule has 284 valence electrons. The highest BCUT2D eigenvalue weighted by Gasteiger charge is 2.27. The summed E-state index contributed by atoms with van der Waals surface area (Å²) in [6, 6.07) is 24.9. The maximum Gasteiger partial charge on any atom is 0.426 e. The number of amides is 4. The standard InChI is InChI=1S/C36H39N7O11/c1-51-33(48)27(38-30(44)20-43(21-31(45)46)32(47)29-19-26-15-8-9-17-28(26)54-29)16-10-18-37-34(39-41-35(49)52-22-24-11-4-2-5-12-24)40-42-36(50)53-23-25-13-6-3-7-14-25/h2-9,11-15,17,19,27H,10,16,18,20-23H2,1H3,(H,38,44)(H,41,49)(H,42,50)(H,45,46)(H2,37,39,40)/t27-/m0/s1. The van der Waals surface area contributed by atoms with Crippen LogP contribution in [0.2, 0.25) is 0 Å². The van der Waals surface area contributed by atoms with Crippen molar-refractivity contribution in [2.45, 2.75) is 32.1 Å². The second-order valence-electron chi connectivity index (χ2n) is 11.3. The topological polar surface area (TPSA) is 239 Å². The van der Waals surface area contributed by atoms with Crippen LogP contribution in [0.15, 0.2) is 100 Å². The fraction of sp³-hybridized carbons (Fsp3) is 0.250. The van der Waals surface area contributed by atoms with Crippen molar-refractivity contribution in [3.63, 3.8) is 0 Å². The molecule has 0 radical (unpaired) electrons. The second-order valence-corrected chi connectivity index (χ2v) is 11.3. The number of aliphatic imine (C=N–C) groups is 1. The fourth-order valence-electron chi connectivity index (χ4n) is 4.75. The maximum absolute atomic E-state index is 13.1. The number of carbonyl (C=O) groups excluding carboxylic acids is 5. The quantitative estimate of drug-likeness (QED) is 0.0257. The molecule has 18 heteroatoms. The Hall–Kier alpha value is -7.11. The number of aliphatic carboxylic acids is 1. The zero-order valence-electron chi connectivity index (χ0n) is 29.1. The SMILES string of the molecule is COC(=O)[C@H](CCCN=C(NNC(=O)OCc1ccccc1)NNC(=O)OCc1ccccc1)NC(=O)CN(CC(=O)O)C(=O)c1cc2ccccc2o1. The summed E-state index contributed by atoms with van der Waals surface area (Å²) in [7, 11) is 1.12. The average Bonchev–Trinajstić information content (AvgIpc) is 3.62. The number of guanidine groups is 1. The molecule has 3 aromatic carbocycles. The Morgan fingerprint density at radius 2 is 1.35 bits per heavy atom. The van der Waals surface area contributed by atoms with Gasteiger partial charge in [-0.2, -0.15) is 0 Å². The number of esters is 1. The Balaban J connectivity index is 1.33. The predicted octanol–water partition coefficient (Wildman–Crippen LogP) is 2.62. The van der Waals surface area contributed by atoms with Gasteiger partial charge in [0.15, 0.2) is 5.76 Å². The van der Waals surface area contributed by atoms with Gasteiger partial charge < -0.3 is 34.0 Å². The Bertz CT molecular complexity index is 1830. The number of carboxylic acids is 1. The minimum atomic E-state index is -1.37. The van der Waals surface area contributed by atoms with Gasteiger partial charge in [0, 0.05) is 11.9 Å². The molecule has 54 heavy (non-hydrogen) atoms. The van der Waals surface area contributed by atoms with Crippen molar-refractivity contribution in [1.82, 2.24) is 31.9 Å². The number of ether oxygens (including phenoxy) is 3. The summed E-state index contributed by atoms with van der Waals surface area (Å²) in [5, 5.41) is 12.5. The molecule has 1 heterocycles. The number of nitrogens with zero attached hydrogens (tertiary/aromatic N) is 2. The summed E-state index contributed by atoms with van der Waals surface area (Å²) in [6.45, 7) is -1.56. The number of hydrogen-bond acceptors (Lipinski definition) is 11. The normalized spacial score (nSPS) is 10.9. The average molecular weight is 746 g/mol. The zero-order chi connectivity index (χ0) is 38.7. The van der Waals surface area contributed by atoms with E-state index in [1.165, 1.54) is 6.07 Å². The lowest BCUT2D eigenvalue weighted by Crippen LogP contribution is -2.53. The van der Waals surface area contributed by atoms with Crippen molar-refractivity contribution in [1.29, 1.82) is 0 Å². The molecule has 0 fully saturated rings. The molecule has 6 N–H and O–H groups in total. The third kappa shape index (κ3) is 13.2. The molecule has 0 saturated heterocycles. The van der Waals surface area contributed by atoms with E-state index < -0.39 is 55.1 Å². The van der Waals surface area contributed by atoms with E-state index in [1.54, 1.807) is 72.8 Å². The van der Waals surface area contributed by atoms with Gasteiger partial charge in [-0.3, -0.25) is 30.2 Å². The van der Waals surface area contributed by atoms with Crippen LogP contribution in [0, 0.1) is 0 Å². The molecule has 4 amide bonds. The van der Waals surface area contributed by atoms with E-state index in [2.05, 4.69) is 32.0 Å². The summed E-state index contributed by atoms with van der Waals surface area (Å²) in [5.41, 5.74) is 11.5. The van der Waals surface area contributed by atoms with Gasteiger partial charge in [0.05, 0.1) is 7.11 Å². The Kier molecular flexibility index (Phi) is 15.2. The molecule has 0 aliphatic heterocycles. The molecule has 18 nitrogen and oxygen atoms in total. The van der Waals surface area contributed by atoms with Crippen molar-refractivity contribution >= 4 is 52.9 Å². The Morgan fingerprint density at radius 1 is 0.778 bits per heavy atom. The first-order chi connectivity index (χ1) is 26.1. The smallest absolute Gasteiger partial charge is 0.426 e. The van der Waals surface area contributed by atoms with E-state index in [0.29, 0.717) is 11.0 Å². The molecule has 4 rings (SSSR count). The molecule has 0 unspecified atom stereocenters. The number of para-hydroxylation sites is 1. The first-order valence-corrected chi connectivity index (χ1v) is 16.5. The van der Waals surface area contributed by atoms with Crippen LogP contribution in [0.4, 0.5) is 9.59 Å². The number of methoxy groups -OCH3 is 1. The van der Waals surface area contributed by atoms with Crippen molar-refractivity contribution < 1.29 is 52.5 Å². The van der Waals surface area contributed by atoms with Gasteiger partial charge >= 0.3 is 24.1 Å². The van der Waals surface area contributed by atoms with Crippen molar-refractivity contribution in [2.24, 2.45) is 4.99 Å². The molecular weight excluding hydrogens is 706 g/mol. The van der Waals surface area contributed by atoms with Crippen LogP contribution < -0.4 is 27.0 Å². The third-order valence-corrected chi connectivity index (χ3v) is 7.32. The molecule has 0 spiro atoms. The summed E-state index contributed by atoms with van der Waals surface area (Å²) in [5.74, 6) is -4.15. The number of carboxylic acid groups (broad SMARTS) is 1. The van der Waals surface area contributed by atoms with Crippen LogP contribution in [0.25, 0.3) is 11.0 Å². The van der Waals surface area contributed by atoms with Gasteiger partial charge in [-0.1, -0.05) is 78.9 Å². The van der Waals surface area contributed by atoms with Crippen molar-refractivity contribution in [3.05, 3.63) is 108 Å². The molecule has 1 aromatic heterocycles. The monoisotopic (exact) mass is 745 g/mol. The maximum atomic E-state index is 13.1. The van der Waals surface area contributed by atoms with Crippen LogP contribution in [0.3, 0.4) is 0 Å². The highest BCUT2D eigenvalue weighted by molar-refractivity contribution is 5.99. The predicted molar refractivity (Wildman–Crippen MR) is 191 cm³/mol. The molecule has 1 atom stereocenters. The van der Waals surface area contributed by atoms with Crippen molar-refractivity contribution in [3.8, 4) is 0 Å². The fourth-order valence-corrected chi connectivity index (χ4v) is 4.75. The van der Waals surface area contributed by atoms with Gasteiger partial charge in [-0.05, 0) is 36.1 Å². The van der Waals surface area contributed by atoms with Gasteiger partial charge in [0.2, 0.25) is 11.9 Å². The number of hydrazine groups is 2. The van der Waals surface area contributed by atoms with Gasteiger partial charge in [0.1, 0.15) is 37.9 Å². The number of furan rings is 1. The number of hydrogen-bond donors (Lipinski definition) is 6. The first kappa shape index (κ1) is 39.7. The van der Waals surface area contributed by atoms with Crippen molar-refractivity contribution in [2.75, 3.05) is 26.7 Å². The lowest BCUT2D eigenvalue weighted by Gasteiger charge is -2.21. The minimum absolute atomic E-state index is 0.00919.